The van der Waals surface area contributed by atoms with Gasteiger partial charge in [-0.05, 0) is 37.0 Å². The van der Waals surface area contributed by atoms with Crippen molar-refractivity contribution in [2.24, 2.45) is 17.3 Å². The molecule has 152 valence electrons. The van der Waals surface area contributed by atoms with Gasteiger partial charge in [0.25, 0.3) is 0 Å². The molecule has 1 saturated carbocycles. The first-order chi connectivity index (χ1) is 13.0. The second-order valence-corrected chi connectivity index (χ2v) is 7.71. The standard InChI is InChI=1S/C20H23F3N2O3/c1-11(12-4-6-14(28-3)7-5-12)24-17(26)15-13-8-9-19(2,10-13)16(15)25-18(27)20(21,22)23/h4-9,11,13,15-16H,10H2,1-3H3,(H,24,26)(H,25,27)/t11-,13-,15+,16+,19+/m1/s1. The van der Waals surface area contributed by atoms with Crippen LogP contribution in [0, 0.1) is 17.3 Å². The zero-order valence-corrected chi connectivity index (χ0v) is 15.8. The molecule has 3 rings (SSSR count). The number of methoxy groups -OCH3 is 1. The third-order valence-electron chi connectivity index (χ3n) is 5.75. The number of rotatable bonds is 5. The van der Waals surface area contributed by atoms with Gasteiger partial charge in [-0.1, -0.05) is 31.2 Å². The number of hydrogen-bond donors (Lipinski definition) is 2. The lowest BCUT2D eigenvalue weighted by atomic mass is 9.80. The van der Waals surface area contributed by atoms with Crippen molar-refractivity contribution in [3.63, 3.8) is 0 Å². The van der Waals surface area contributed by atoms with Gasteiger partial charge >= 0.3 is 12.1 Å². The topological polar surface area (TPSA) is 67.4 Å². The molecule has 0 saturated heterocycles. The zero-order valence-electron chi connectivity index (χ0n) is 15.8. The normalized spacial score (nSPS) is 29.4. The fourth-order valence-electron chi connectivity index (χ4n) is 4.23. The molecule has 0 aromatic heterocycles. The molecule has 1 aromatic rings. The number of benzene rings is 1. The van der Waals surface area contributed by atoms with Crippen LogP contribution in [0.4, 0.5) is 13.2 Å². The second kappa shape index (κ2) is 7.14. The maximum atomic E-state index is 12.9. The van der Waals surface area contributed by atoms with Gasteiger partial charge in [-0.3, -0.25) is 9.59 Å². The summed E-state index contributed by atoms with van der Waals surface area (Å²) in [7, 11) is 1.55. The highest BCUT2D eigenvalue weighted by Gasteiger charge is 2.57. The summed E-state index contributed by atoms with van der Waals surface area (Å²) in [6.45, 7) is 3.57. The van der Waals surface area contributed by atoms with Gasteiger partial charge in [0, 0.05) is 5.41 Å². The Balaban J connectivity index is 1.75. The van der Waals surface area contributed by atoms with Crippen LogP contribution in [-0.4, -0.2) is 31.1 Å². The van der Waals surface area contributed by atoms with Crippen LogP contribution in [0.1, 0.15) is 31.9 Å². The number of halogens is 3. The van der Waals surface area contributed by atoms with Crippen LogP contribution in [0.3, 0.4) is 0 Å². The number of carbonyl (C=O) groups excluding carboxylic acids is 2. The SMILES string of the molecule is COc1ccc([C@@H](C)NC(=O)[C@H]2[C@@H]3C=C[C@@](C)(C3)[C@H]2NC(=O)C(F)(F)F)cc1. The van der Waals surface area contributed by atoms with Crippen molar-refractivity contribution in [3.05, 3.63) is 42.0 Å². The Morgan fingerprint density at radius 2 is 1.89 bits per heavy atom. The van der Waals surface area contributed by atoms with Gasteiger partial charge in [0.1, 0.15) is 5.75 Å². The predicted octanol–water partition coefficient (Wildman–Crippen LogP) is 3.13. The van der Waals surface area contributed by atoms with Crippen molar-refractivity contribution in [2.45, 2.75) is 38.5 Å². The third kappa shape index (κ3) is 3.72. The summed E-state index contributed by atoms with van der Waals surface area (Å²) in [5, 5.41) is 4.93. The first-order valence-corrected chi connectivity index (χ1v) is 9.06. The van der Waals surface area contributed by atoms with Crippen LogP contribution >= 0.6 is 0 Å². The number of nitrogens with one attached hydrogen (secondary N) is 2. The Morgan fingerprint density at radius 3 is 2.46 bits per heavy atom. The fourth-order valence-corrected chi connectivity index (χ4v) is 4.23. The highest BCUT2D eigenvalue weighted by atomic mass is 19.4. The van der Waals surface area contributed by atoms with Gasteiger partial charge in [-0.15, -0.1) is 0 Å². The van der Waals surface area contributed by atoms with Gasteiger partial charge in [0.05, 0.1) is 25.1 Å². The molecule has 2 N–H and O–H groups in total. The molecular weight excluding hydrogens is 373 g/mol. The fraction of sp³-hybridized carbons (Fsp3) is 0.500. The summed E-state index contributed by atoms with van der Waals surface area (Å²) in [5.74, 6) is -2.65. The average molecular weight is 396 g/mol. The lowest BCUT2D eigenvalue weighted by molar-refractivity contribution is -0.175. The van der Waals surface area contributed by atoms with E-state index in [4.69, 9.17) is 4.74 Å². The molecule has 1 fully saturated rings. The van der Waals surface area contributed by atoms with Crippen LogP contribution in [0.2, 0.25) is 0 Å². The number of fused-ring (bicyclic) bond motifs is 2. The van der Waals surface area contributed by atoms with E-state index in [1.54, 1.807) is 39.2 Å². The molecule has 2 bridgehead atoms. The smallest absolute Gasteiger partial charge is 0.471 e. The maximum Gasteiger partial charge on any atom is 0.471 e. The van der Waals surface area contributed by atoms with E-state index in [-0.39, 0.29) is 17.9 Å². The largest absolute Gasteiger partial charge is 0.497 e. The molecule has 28 heavy (non-hydrogen) atoms. The van der Waals surface area contributed by atoms with Crippen molar-refractivity contribution in [1.29, 1.82) is 0 Å². The Hall–Kier alpha value is -2.51. The van der Waals surface area contributed by atoms with E-state index in [0.29, 0.717) is 12.2 Å². The number of hydrogen-bond acceptors (Lipinski definition) is 3. The van der Waals surface area contributed by atoms with Crippen molar-refractivity contribution < 1.29 is 27.5 Å². The van der Waals surface area contributed by atoms with Gasteiger partial charge in [0.15, 0.2) is 0 Å². The van der Waals surface area contributed by atoms with Gasteiger partial charge < -0.3 is 15.4 Å². The van der Waals surface area contributed by atoms with Crippen molar-refractivity contribution in [2.75, 3.05) is 7.11 Å². The number of amides is 2. The van der Waals surface area contributed by atoms with E-state index < -0.39 is 29.5 Å². The summed E-state index contributed by atoms with van der Waals surface area (Å²) in [6, 6.07) is 5.92. The van der Waals surface area contributed by atoms with E-state index >= 15 is 0 Å². The number of carbonyl (C=O) groups is 2. The van der Waals surface area contributed by atoms with Crippen LogP contribution < -0.4 is 15.4 Å². The molecule has 5 nitrogen and oxygen atoms in total. The Labute approximate surface area is 161 Å². The van der Waals surface area contributed by atoms with Gasteiger partial charge in [0.2, 0.25) is 5.91 Å². The molecule has 1 aromatic carbocycles. The Kier molecular flexibility index (Phi) is 5.16. The Bertz CT molecular complexity index is 791. The molecular formula is C20H23F3N2O3. The monoisotopic (exact) mass is 396 g/mol. The van der Waals surface area contributed by atoms with E-state index in [1.165, 1.54) is 0 Å². The molecule has 8 heteroatoms. The predicted molar refractivity (Wildman–Crippen MR) is 96.4 cm³/mol. The van der Waals surface area contributed by atoms with Crippen LogP contribution in [-0.2, 0) is 9.59 Å². The number of ether oxygens (including phenoxy) is 1. The minimum Gasteiger partial charge on any atom is -0.497 e. The lowest BCUT2D eigenvalue weighted by Crippen LogP contribution is -2.54. The molecule has 0 radical (unpaired) electrons. The second-order valence-electron chi connectivity index (χ2n) is 7.71. The minimum atomic E-state index is -4.99. The number of allylic oxidation sites excluding steroid dienone is 1. The van der Waals surface area contributed by atoms with Gasteiger partial charge in [-0.25, -0.2) is 0 Å². The Morgan fingerprint density at radius 1 is 1.25 bits per heavy atom. The lowest BCUT2D eigenvalue weighted by Gasteiger charge is -2.34. The average Bonchev–Trinajstić information content (AvgIpc) is 3.14. The van der Waals surface area contributed by atoms with E-state index in [1.807, 2.05) is 18.2 Å². The molecule has 0 spiro atoms. The van der Waals surface area contributed by atoms with Crippen LogP contribution in [0.25, 0.3) is 0 Å². The summed E-state index contributed by atoms with van der Waals surface area (Å²) in [4.78, 5) is 24.4. The maximum absolute atomic E-state index is 12.9. The third-order valence-corrected chi connectivity index (χ3v) is 5.75. The number of alkyl halides is 3. The molecule has 0 heterocycles. The van der Waals surface area contributed by atoms with E-state index in [2.05, 4.69) is 10.6 Å². The summed E-state index contributed by atoms with van der Waals surface area (Å²) >= 11 is 0. The zero-order chi connectivity index (χ0) is 20.7. The molecule has 2 aliphatic rings. The molecule has 2 amide bonds. The first kappa shape index (κ1) is 20.2. The van der Waals surface area contributed by atoms with E-state index in [9.17, 15) is 22.8 Å². The quantitative estimate of drug-likeness (QED) is 0.752. The van der Waals surface area contributed by atoms with Crippen LogP contribution in [0.15, 0.2) is 36.4 Å². The van der Waals surface area contributed by atoms with Gasteiger partial charge in [-0.2, -0.15) is 13.2 Å². The summed E-state index contributed by atoms with van der Waals surface area (Å²) in [6.07, 6.45) is -0.793. The first-order valence-electron chi connectivity index (χ1n) is 9.06. The molecule has 2 aliphatic carbocycles. The van der Waals surface area contributed by atoms with Crippen molar-refractivity contribution in [3.8, 4) is 5.75 Å². The minimum absolute atomic E-state index is 0.202. The molecule has 0 unspecified atom stereocenters. The molecule has 0 aliphatic heterocycles. The summed E-state index contributed by atoms with van der Waals surface area (Å²) < 4.78 is 43.4. The van der Waals surface area contributed by atoms with Crippen molar-refractivity contribution >= 4 is 11.8 Å². The van der Waals surface area contributed by atoms with E-state index in [0.717, 1.165) is 5.56 Å². The van der Waals surface area contributed by atoms with Crippen LogP contribution in [0.5, 0.6) is 5.75 Å². The summed E-state index contributed by atoms with van der Waals surface area (Å²) in [5.41, 5.74) is 0.173. The highest BCUT2D eigenvalue weighted by Crippen LogP contribution is 2.52. The highest BCUT2D eigenvalue weighted by molar-refractivity contribution is 5.85. The molecule has 5 atom stereocenters. The van der Waals surface area contributed by atoms with Crippen molar-refractivity contribution in [1.82, 2.24) is 10.6 Å².